The van der Waals surface area contributed by atoms with E-state index in [1.807, 2.05) is 13.0 Å². The highest BCUT2D eigenvalue weighted by atomic mass is 16.5. The second kappa shape index (κ2) is 6.32. The molecule has 0 aliphatic carbocycles. The average Bonchev–Trinajstić information content (AvgIpc) is 3.05. The lowest BCUT2D eigenvalue weighted by Gasteiger charge is -2.09. The van der Waals surface area contributed by atoms with Crippen LogP contribution in [-0.2, 0) is 0 Å². The van der Waals surface area contributed by atoms with Gasteiger partial charge < -0.3 is 20.2 Å². The van der Waals surface area contributed by atoms with Crippen LogP contribution in [0.25, 0.3) is 27.5 Å². The molecule has 8 heteroatoms. The number of nitriles is 1. The lowest BCUT2D eigenvalue weighted by Crippen LogP contribution is -2.09. The van der Waals surface area contributed by atoms with Gasteiger partial charge in [0.05, 0.1) is 37.1 Å². The van der Waals surface area contributed by atoms with Crippen molar-refractivity contribution in [1.82, 2.24) is 14.8 Å². The highest BCUT2D eigenvalue weighted by Gasteiger charge is 2.19. The van der Waals surface area contributed by atoms with Gasteiger partial charge in [-0.05, 0) is 30.7 Å². The zero-order chi connectivity index (χ0) is 20.0. The van der Waals surface area contributed by atoms with Gasteiger partial charge in [-0.25, -0.2) is 4.68 Å². The Morgan fingerprint density at radius 2 is 1.89 bits per heavy atom. The van der Waals surface area contributed by atoms with Gasteiger partial charge in [0.1, 0.15) is 16.7 Å². The van der Waals surface area contributed by atoms with E-state index < -0.39 is 0 Å². The summed E-state index contributed by atoms with van der Waals surface area (Å²) in [6.45, 7) is 1.89. The van der Waals surface area contributed by atoms with Crippen LogP contribution in [0.3, 0.4) is 0 Å². The van der Waals surface area contributed by atoms with E-state index in [0.29, 0.717) is 39.2 Å². The molecule has 4 rings (SSSR count). The number of H-pyrrole nitrogens is 1. The molecule has 0 saturated heterocycles. The molecule has 2 aromatic heterocycles. The number of benzene rings is 2. The number of rotatable bonds is 3. The number of aryl methyl sites for hydroxylation is 1. The largest absolute Gasteiger partial charge is 0.493 e. The summed E-state index contributed by atoms with van der Waals surface area (Å²) in [5, 5.41) is 14.8. The van der Waals surface area contributed by atoms with Crippen LogP contribution < -0.4 is 20.8 Å². The van der Waals surface area contributed by atoms with Gasteiger partial charge in [-0.2, -0.15) is 10.4 Å². The number of anilines is 1. The van der Waals surface area contributed by atoms with Crippen molar-refractivity contribution in [1.29, 1.82) is 5.26 Å². The fourth-order valence-corrected chi connectivity index (χ4v) is 3.30. The molecule has 0 amide bonds. The van der Waals surface area contributed by atoms with E-state index in [-0.39, 0.29) is 16.8 Å². The van der Waals surface area contributed by atoms with Crippen molar-refractivity contribution >= 4 is 27.6 Å². The van der Waals surface area contributed by atoms with Crippen LogP contribution in [-0.4, -0.2) is 29.0 Å². The Bertz CT molecular complexity index is 1340. The number of aromatic nitrogens is 3. The summed E-state index contributed by atoms with van der Waals surface area (Å²) in [5.41, 5.74) is 8.93. The smallest absolute Gasteiger partial charge is 0.261 e. The third kappa shape index (κ3) is 2.45. The summed E-state index contributed by atoms with van der Waals surface area (Å²) in [5.74, 6) is 1.21. The molecule has 0 aliphatic rings. The van der Waals surface area contributed by atoms with Crippen molar-refractivity contribution in [3.8, 4) is 23.3 Å². The number of ether oxygens (including phenoxy) is 2. The van der Waals surface area contributed by atoms with Gasteiger partial charge in [0, 0.05) is 11.5 Å². The topological polar surface area (TPSA) is 119 Å². The summed E-state index contributed by atoms with van der Waals surface area (Å²) in [4.78, 5) is 15.5. The van der Waals surface area contributed by atoms with Crippen LogP contribution in [0.1, 0.15) is 11.1 Å². The van der Waals surface area contributed by atoms with Crippen LogP contribution in [0.5, 0.6) is 11.5 Å². The number of pyridine rings is 1. The molecule has 2 aromatic carbocycles. The highest BCUT2D eigenvalue weighted by molar-refractivity contribution is 6.07. The van der Waals surface area contributed by atoms with Crippen molar-refractivity contribution < 1.29 is 9.47 Å². The Balaban J connectivity index is 2.11. The second-order valence-corrected chi connectivity index (χ2v) is 6.34. The van der Waals surface area contributed by atoms with Crippen LogP contribution in [0.4, 0.5) is 5.82 Å². The summed E-state index contributed by atoms with van der Waals surface area (Å²) >= 11 is 0. The van der Waals surface area contributed by atoms with Crippen LogP contribution in [0.15, 0.2) is 35.1 Å². The maximum Gasteiger partial charge on any atom is 0.261 e. The first-order valence-electron chi connectivity index (χ1n) is 8.45. The lowest BCUT2D eigenvalue weighted by molar-refractivity contribution is 0.356. The number of methoxy groups -OCH3 is 2. The number of nitrogens with zero attached hydrogens (tertiary/aromatic N) is 3. The number of nitrogen functional groups attached to an aromatic ring is 1. The van der Waals surface area contributed by atoms with Gasteiger partial charge in [0.2, 0.25) is 0 Å². The minimum absolute atomic E-state index is 0.200. The molecule has 140 valence electrons. The van der Waals surface area contributed by atoms with Crippen molar-refractivity contribution in [2.75, 3.05) is 20.0 Å². The predicted octanol–water partition coefficient (Wildman–Crippen LogP) is 2.65. The molecule has 2 heterocycles. The highest BCUT2D eigenvalue weighted by Crippen LogP contribution is 2.35. The second-order valence-electron chi connectivity index (χ2n) is 6.34. The number of hydrogen-bond acceptors (Lipinski definition) is 6. The van der Waals surface area contributed by atoms with E-state index in [1.54, 1.807) is 24.3 Å². The van der Waals surface area contributed by atoms with Crippen molar-refractivity contribution in [2.45, 2.75) is 6.92 Å². The summed E-state index contributed by atoms with van der Waals surface area (Å²) in [6.07, 6.45) is 0. The van der Waals surface area contributed by atoms with Crippen LogP contribution in [0.2, 0.25) is 0 Å². The third-order valence-electron chi connectivity index (χ3n) is 4.74. The van der Waals surface area contributed by atoms with E-state index >= 15 is 0 Å². The Morgan fingerprint density at radius 1 is 1.18 bits per heavy atom. The molecule has 0 saturated carbocycles. The Kier molecular flexibility index (Phi) is 3.93. The molecule has 4 aromatic rings. The monoisotopic (exact) mass is 375 g/mol. The number of aromatic amines is 1. The molecule has 0 radical (unpaired) electrons. The molecule has 0 aliphatic heterocycles. The zero-order valence-corrected chi connectivity index (χ0v) is 15.5. The molecule has 3 N–H and O–H groups in total. The average molecular weight is 375 g/mol. The van der Waals surface area contributed by atoms with Gasteiger partial charge >= 0.3 is 0 Å². The summed E-state index contributed by atoms with van der Waals surface area (Å²) in [6, 6.07) is 10.8. The van der Waals surface area contributed by atoms with E-state index in [9.17, 15) is 10.1 Å². The third-order valence-corrected chi connectivity index (χ3v) is 4.74. The lowest BCUT2D eigenvalue weighted by atomic mass is 10.1. The fourth-order valence-electron chi connectivity index (χ4n) is 3.30. The minimum atomic E-state index is -0.354. The number of fused-ring (bicyclic) bond motifs is 3. The van der Waals surface area contributed by atoms with E-state index in [4.69, 9.17) is 15.2 Å². The Labute approximate surface area is 159 Å². The van der Waals surface area contributed by atoms with Crippen molar-refractivity contribution in [2.24, 2.45) is 0 Å². The first-order valence-corrected chi connectivity index (χ1v) is 8.45. The van der Waals surface area contributed by atoms with Gasteiger partial charge in [-0.1, -0.05) is 6.07 Å². The SMILES string of the molecule is COc1cc2[nH]c(=O)c3c(N)n(-c4cc(C#N)ccc4C)nc3c2cc1OC. The molecular weight excluding hydrogens is 358 g/mol. The van der Waals surface area contributed by atoms with Gasteiger partial charge in [-0.3, -0.25) is 4.79 Å². The van der Waals surface area contributed by atoms with E-state index in [2.05, 4.69) is 16.2 Å². The first kappa shape index (κ1) is 17.4. The fraction of sp³-hybridized carbons (Fsp3) is 0.150. The maximum absolute atomic E-state index is 12.7. The van der Waals surface area contributed by atoms with Gasteiger partial charge in [0.15, 0.2) is 11.5 Å². The molecular formula is C20H17N5O3. The number of nitrogens with two attached hydrogens (primary N) is 1. The molecule has 0 spiro atoms. The van der Waals surface area contributed by atoms with E-state index in [1.165, 1.54) is 18.9 Å². The minimum Gasteiger partial charge on any atom is -0.493 e. The quantitative estimate of drug-likeness (QED) is 0.568. The number of hydrogen-bond donors (Lipinski definition) is 2. The van der Waals surface area contributed by atoms with Gasteiger partial charge in [-0.15, -0.1) is 0 Å². The Morgan fingerprint density at radius 3 is 2.57 bits per heavy atom. The maximum atomic E-state index is 12.7. The summed E-state index contributed by atoms with van der Waals surface area (Å²) in [7, 11) is 3.06. The molecule has 0 fully saturated rings. The summed E-state index contributed by atoms with van der Waals surface area (Å²) < 4.78 is 12.2. The molecule has 8 nitrogen and oxygen atoms in total. The normalized spacial score (nSPS) is 10.9. The van der Waals surface area contributed by atoms with Crippen molar-refractivity contribution in [3.05, 3.63) is 51.8 Å². The zero-order valence-electron chi connectivity index (χ0n) is 15.5. The van der Waals surface area contributed by atoms with Crippen molar-refractivity contribution in [3.63, 3.8) is 0 Å². The molecule has 28 heavy (non-hydrogen) atoms. The standard InChI is InChI=1S/C20H17N5O3/c1-10-4-5-11(9-21)6-14(10)25-19(22)17-18(24-25)12-7-15(27-2)16(28-3)8-13(12)23-20(17)26/h4-8H,22H2,1-3H3,(H,23,26). The number of nitrogens with one attached hydrogen (secondary N) is 1. The molecule has 0 bridgehead atoms. The van der Waals surface area contributed by atoms with Gasteiger partial charge in [0.25, 0.3) is 5.56 Å². The predicted molar refractivity (Wildman–Crippen MR) is 106 cm³/mol. The molecule has 0 unspecified atom stereocenters. The van der Waals surface area contributed by atoms with Crippen LogP contribution >= 0.6 is 0 Å². The first-order chi connectivity index (χ1) is 13.5. The molecule has 0 atom stereocenters. The van der Waals surface area contributed by atoms with E-state index in [0.717, 1.165) is 5.56 Å². The van der Waals surface area contributed by atoms with Crippen LogP contribution in [0, 0.1) is 18.3 Å². The Hall–Kier alpha value is -3.99.